The summed E-state index contributed by atoms with van der Waals surface area (Å²) >= 11 is 2.94. The minimum atomic E-state index is -0.0532. The van der Waals surface area contributed by atoms with Crippen LogP contribution in [-0.4, -0.2) is 40.5 Å². The Bertz CT molecular complexity index is 857. The number of fused-ring (bicyclic) bond motifs is 3. The zero-order valence-corrected chi connectivity index (χ0v) is 17.1. The van der Waals surface area contributed by atoms with E-state index in [0.717, 1.165) is 35.9 Å². The summed E-state index contributed by atoms with van der Waals surface area (Å²) < 4.78 is 7.02. The molecule has 0 fully saturated rings. The van der Waals surface area contributed by atoms with Gasteiger partial charge >= 0.3 is 0 Å². The quantitative estimate of drug-likeness (QED) is 0.422. The summed E-state index contributed by atoms with van der Waals surface area (Å²) in [5.74, 6) is 0.199. The summed E-state index contributed by atoms with van der Waals surface area (Å²) in [7, 11) is 1.73. The first-order chi connectivity index (χ1) is 12.5. The fourth-order valence-corrected chi connectivity index (χ4v) is 5.14. The van der Waals surface area contributed by atoms with Crippen LogP contribution in [0.1, 0.15) is 37.1 Å². The molecule has 142 valence electrons. The number of carbonyl (C=O) groups excluding carboxylic acids is 1. The lowest BCUT2D eigenvalue weighted by Crippen LogP contribution is -2.28. The molecule has 1 aliphatic carbocycles. The molecular formula is C18H25N3O3S2. The first kappa shape index (κ1) is 19.4. The number of carbonyl (C=O) groups is 1. The SMILES string of the molecule is CC(C)OCCCNC(=O)CSc1nc2sc3c(c2c(=O)n1C)CCC3. The van der Waals surface area contributed by atoms with Gasteiger partial charge in [-0.25, -0.2) is 4.98 Å². The smallest absolute Gasteiger partial charge is 0.262 e. The van der Waals surface area contributed by atoms with Crippen molar-refractivity contribution in [2.45, 2.75) is 50.8 Å². The number of hydrogen-bond acceptors (Lipinski definition) is 6. The van der Waals surface area contributed by atoms with Gasteiger partial charge in [0.25, 0.3) is 5.56 Å². The average molecular weight is 396 g/mol. The van der Waals surface area contributed by atoms with Crippen LogP contribution in [0.5, 0.6) is 0 Å². The van der Waals surface area contributed by atoms with Crippen molar-refractivity contribution >= 4 is 39.2 Å². The predicted octanol–water partition coefficient (Wildman–Crippen LogP) is 2.51. The van der Waals surface area contributed by atoms with Crippen molar-refractivity contribution in [2.24, 2.45) is 7.05 Å². The largest absolute Gasteiger partial charge is 0.379 e. The normalized spacial score (nSPS) is 13.5. The van der Waals surface area contributed by atoms with Crippen LogP contribution in [0.4, 0.5) is 0 Å². The van der Waals surface area contributed by atoms with Gasteiger partial charge < -0.3 is 10.1 Å². The van der Waals surface area contributed by atoms with Gasteiger partial charge in [0.15, 0.2) is 5.16 Å². The van der Waals surface area contributed by atoms with E-state index in [0.29, 0.717) is 18.3 Å². The molecule has 0 saturated carbocycles. The van der Waals surface area contributed by atoms with Gasteiger partial charge in [-0.05, 0) is 45.1 Å². The van der Waals surface area contributed by atoms with Crippen LogP contribution >= 0.6 is 23.1 Å². The maximum absolute atomic E-state index is 12.7. The van der Waals surface area contributed by atoms with Gasteiger partial charge in [0.1, 0.15) is 4.83 Å². The highest BCUT2D eigenvalue weighted by Crippen LogP contribution is 2.35. The highest BCUT2D eigenvalue weighted by atomic mass is 32.2. The number of ether oxygens (including phenoxy) is 1. The number of aryl methyl sites for hydroxylation is 2. The highest BCUT2D eigenvalue weighted by molar-refractivity contribution is 7.99. The van der Waals surface area contributed by atoms with Crippen LogP contribution in [0.25, 0.3) is 10.2 Å². The number of thioether (sulfide) groups is 1. The molecule has 0 unspecified atom stereocenters. The second kappa shape index (κ2) is 8.54. The predicted molar refractivity (Wildman–Crippen MR) is 106 cm³/mol. The van der Waals surface area contributed by atoms with E-state index >= 15 is 0 Å². The lowest BCUT2D eigenvalue weighted by atomic mass is 10.2. The van der Waals surface area contributed by atoms with Crippen molar-refractivity contribution in [3.05, 3.63) is 20.8 Å². The molecular weight excluding hydrogens is 370 g/mol. The molecule has 2 heterocycles. The summed E-state index contributed by atoms with van der Waals surface area (Å²) in [6.07, 6.45) is 4.14. The van der Waals surface area contributed by atoms with Gasteiger partial charge in [-0.2, -0.15) is 0 Å². The van der Waals surface area contributed by atoms with Crippen LogP contribution in [0.3, 0.4) is 0 Å². The molecule has 1 amide bonds. The van der Waals surface area contributed by atoms with E-state index in [9.17, 15) is 9.59 Å². The van der Waals surface area contributed by atoms with Crippen LogP contribution in [0.15, 0.2) is 9.95 Å². The fourth-order valence-electron chi connectivity index (χ4n) is 3.03. The molecule has 8 heteroatoms. The Morgan fingerprint density at radius 2 is 2.23 bits per heavy atom. The number of nitrogens with zero attached hydrogens (tertiary/aromatic N) is 2. The van der Waals surface area contributed by atoms with E-state index in [1.807, 2.05) is 13.8 Å². The third kappa shape index (κ3) is 4.29. The number of amides is 1. The minimum Gasteiger partial charge on any atom is -0.379 e. The first-order valence-corrected chi connectivity index (χ1v) is 10.8. The summed E-state index contributed by atoms with van der Waals surface area (Å²) in [6, 6.07) is 0. The highest BCUT2D eigenvalue weighted by Gasteiger charge is 2.22. The minimum absolute atomic E-state index is 0.00291. The van der Waals surface area contributed by atoms with Gasteiger partial charge in [0.2, 0.25) is 5.91 Å². The van der Waals surface area contributed by atoms with Gasteiger partial charge in [-0.1, -0.05) is 11.8 Å². The van der Waals surface area contributed by atoms with Crippen LogP contribution in [-0.2, 0) is 29.4 Å². The molecule has 2 aromatic heterocycles. The van der Waals surface area contributed by atoms with Gasteiger partial charge in [0, 0.05) is 25.1 Å². The maximum Gasteiger partial charge on any atom is 0.262 e. The molecule has 2 aromatic rings. The Labute approximate surface area is 161 Å². The third-order valence-electron chi connectivity index (χ3n) is 4.33. The molecule has 0 aromatic carbocycles. The zero-order chi connectivity index (χ0) is 18.7. The molecule has 26 heavy (non-hydrogen) atoms. The van der Waals surface area contributed by atoms with E-state index in [2.05, 4.69) is 10.3 Å². The van der Waals surface area contributed by atoms with Gasteiger partial charge in [-0.15, -0.1) is 11.3 Å². The van der Waals surface area contributed by atoms with Crippen molar-refractivity contribution in [3.8, 4) is 0 Å². The summed E-state index contributed by atoms with van der Waals surface area (Å²) in [6.45, 7) is 5.22. The monoisotopic (exact) mass is 395 g/mol. The Morgan fingerprint density at radius 3 is 3.00 bits per heavy atom. The Morgan fingerprint density at radius 1 is 1.42 bits per heavy atom. The summed E-state index contributed by atoms with van der Waals surface area (Å²) in [5, 5.41) is 4.26. The third-order valence-corrected chi connectivity index (χ3v) is 6.55. The zero-order valence-electron chi connectivity index (χ0n) is 15.5. The molecule has 0 saturated heterocycles. The second-order valence-corrected chi connectivity index (χ2v) is 8.73. The summed E-state index contributed by atoms with van der Waals surface area (Å²) in [4.78, 5) is 31.5. The van der Waals surface area contributed by atoms with Crippen molar-refractivity contribution in [2.75, 3.05) is 18.9 Å². The maximum atomic E-state index is 12.7. The summed E-state index contributed by atoms with van der Waals surface area (Å²) in [5.41, 5.74) is 1.19. The molecule has 1 N–H and O–H groups in total. The topological polar surface area (TPSA) is 73.2 Å². The Balaban J connectivity index is 1.58. The van der Waals surface area contributed by atoms with E-state index in [4.69, 9.17) is 4.74 Å². The van der Waals surface area contributed by atoms with Crippen molar-refractivity contribution < 1.29 is 9.53 Å². The lowest BCUT2D eigenvalue weighted by molar-refractivity contribution is -0.118. The Hall–Kier alpha value is -1.38. The molecule has 6 nitrogen and oxygen atoms in total. The number of rotatable bonds is 8. The molecule has 0 aliphatic heterocycles. The molecule has 3 rings (SSSR count). The second-order valence-electron chi connectivity index (χ2n) is 6.71. The van der Waals surface area contributed by atoms with E-state index < -0.39 is 0 Å². The Kier molecular flexibility index (Phi) is 6.37. The van der Waals surface area contributed by atoms with Crippen LogP contribution in [0, 0.1) is 0 Å². The number of aromatic nitrogens is 2. The number of thiophene rings is 1. The molecule has 0 spiro atoms. The number of nitrogens with one attached hydrogen (secondary N) is 1. The van der Waals surface area contributed by atoms with E-state index in [-0.39, 0.29) is 23.3 Å². The van der Waals surface area contributed by atoms with Gasteiger partial charge in [-0.3, -0.25) is 14.2 Å². The molecule has 0 atom stereocenters. The van der Waals surface area contributed by atoms with Crippen molar-refractivity contribution in [1.82, 2.24) is 14.9 Å². The van der Waals surface area contributed by atoms with Crippen LogP contribution < -0.4 is 10.9 Å². The molecule has 1 aliphatic rings. The standard InChI is InChI=1S/C18H25N3O3S2/c1-11(2)24-9-5-8-19-14(22)10-25-18-20-16-15(17(23)21(18)3)12-6-4-7-13(12)26-16/h11H,4-10H2,1-3H3,(H,19,22). The van der Waals surface area contributed by atoms with Crippen molar-refractivity contribution in [3.63, 3.8) is 0 Å². The van der Waals surface area contributed by atoms with E-state index in [1.54, 1.807) is 23.0 Å². The van der Waals surface area contributed by atoms with E-state index in [1.165, 1.54) is 22.2 Å². The van der Waals surface area contributed by atoms with Crippen molar-refractivity contribution in [1.29, 1.82) is 0 Å². The fraction of sp³-hybridized carbons (Fsp3) is 0.611. The number of hydrogen-bond donors (Lipinski definition) is 1. The molecule has 0 radical (unpaired) electrons. The first-order valence-electron chi connectivity index (χ1n) is 8.99. The average Bonchev–Trinajstić information content (AvgIpc) is 3.16. The lowest BCUT2D eigenvalue weighted by Gasteiger charge is -2.09. The van der Waals surface area contributed by atoms with Crippen LogP contribution in [0.2, 0.25) is 0 Å². The van der Waals surface area contributed by atoms with Gasteiger partial charge in [0.05, 0.1) is 17.2 Å². The molecule has 0 bridgehead atoms.